The summed E-state index contributed by atoms with van der Waals surface area (Å²) in [4.78, 5) is 7.02. The van der Waals surface area contributed by atoms with Crippen LogP contribution in [0.5, 0.6) is 11.5 Å². The Labute approximate surface area is 113 Å². The van der Waals surface area contributed by atoms with Gasteiger partial charge in [0.2, 0.25) is 6.79 Å². The van der Waals surface area contributed by atoms with Gasteiger partial charge >= 0.3 is 0 Å². The van der Waals surface area contributed by atoms with Crippen molar-refractivity contribution in [1.82, 2.24) is 15.3 Å². The Kier molecular flexibility index (Phi) is 3.21. The first-order valence-corrected chi connectivity index (χ1v) is 6.38. The van der Waals surface area contributed by atoms with E-state index in [4.69, 9.17) is 9.47 Å². The van der Waals surface area contributed by atoms with E-state index in [1.807, 2.05) is 18.3 Å². The molecule has 0 radical (unpaired) electrons. The fourth-order valence-electron chi connectivity index (χ4n) is 1.81. The second kappa shape index (κ2) is 4.99. The first-order valence-electron chi connectivity index (χ1n) is 5.59. The predicted octanol–water partition coefficient (Wildman–Crippen LogP) is 2.19. The van der Waals surface area contributed by atoms with Crippen molar-refractivity contribution in [2.24, 2.45) is 0 Å². The molecule has 0 amide bonds. The first-order chi connectivity index (χ1) is 8.83. The fourth-order valence-corrected chi connectivity index (χ4v) is 2.27. The Morgan fingerprint density at radius 3 is 2.89 bits per heavy atom. The molecule has 0 aliphatic carbocycles. The third-order valence-electron chi connectivity index (χ3n) is 2.73. The first kappa shape index (κ1) is 11.6. The van der Waals surface area contributed by atoms with Gasteiger partial charge in [-0.05, 0) is 17.7 Å². The molecular weight excluding hydrogens is 298 g/mol. The average Bonchev–Trinajstić information content (AvgIpc) is 3.00. The standard InChI is InChI=1S/C12H12BrN3O2/c13-10-2-12-11(17-7-18-12)1-8(10)3-14-4-9-5-15-6-16-9/h1-2,5-6,14H,3-4,7H2,(H,15,16). The summed E-state index contributed by atoms with van der Waals surface area (Å²) in [5.74, 6) is 1.59. The molecule has 94 valence electrons. The summed E-state index contributed by atoms with van der Waals surface area (Å²) in [6.45, 7) is 1.80. The van der Waals surface area contributed by atoms with E-state index in [1.54, 1.807) is 6.33 Å². The van der Waals surface area contributed by atoms with Crippen molar-refractivity contribution in [3.8, 4) is 11.5 Å². The minimum Gasteiger partial charge on any atom is -0.454 e. The van der Waals surface area contributed by atoms with Gasteiger partial charge in [-0.2, -0.15) is 0 Å². The number of ether oxygens (including phenoxy) is 2. The van der Waals surface area contributed by atoms with Gasteiger partial charge in [0.1, 0.15) is 0 Å². The van der Waals surface area contributed by atoms with Crippen molar-refractivity contribution in [3.63, 3.8) is 0 Å². The van der Waals surface area contributed by atoms with Gasteiger partial charge in [0.15, 0.2) is 11.5 Å². The molecular formula is C12H12BrN3O2. The maximum Gasteiger partial charge on any atom is 0.231 e. The molecule has 0 bridgehead atoms. The number of nitrogens with one attached hydrogen (secondary N) is 2. The van der Waals surface area contributed by atoms with E-state index in [-0.39, 0.29) is 0 Å². The number of nitrogens with zero attached hydrogens (tertiary/aromatic N) is 1. The molecule has 18 heavy (non-hydrogen) atoms. The van der Waals surface area contributed by atoms with E-state index in [9.17, 15) is 0 Å². The Balaban J connectivity index is 1.66. The predicted molar refractivity (Wildman–Crippen MR) is 69.4 cm³/mol. The van der Waals surface area contributed by atoms with Crippen LogP contribution in [0.3, 0.4) is 0 Å². The van der Waals surface area contributed by atoms with Crippen molar-refractivity contribution in [2.45, 2.75) is 13.1 Å². The van der Waals surface area contributed by atoms with Crippen molar-refractivity contribution in [1.29, 1.82) is 0 Å². The maximum absolute atomic E-state index is 5.36. The Morgan fingerprint density at radius 1 is 1.28 bits per heavy atom. The lowest BCUT2D eigenvalue weighted by Gasteiger charge is -2.07. The molecule has 0 atom stereocenters. The van der Waals surface area contributed by atoms with E-state index in [2.05, 4.69) is 31.2 Å². The number of halogens is 1. The second-order valence-corrected chi connectivity index (χ2v) is 4.83. The summed E-state index contributed by atoms with van der Waals surface area (Å²) in [6.07, 6.45) is 3.48. The number of hydrogen-bond acceptors (Lipinski definition) is 4. The van der Waals surface area contributed by atoms with Gasteiger partial charge < -0.3 is 19.8 Å². The minimum atomic E-state index is 0.298. The van der Waals surface area contributed by atoms with E-state index in [0.717, 1.165) is 40.3 Å². The van der Waals surface area contributed by atoms with Crippen LogP contribution in [0.4, 0.5) is 0 Å². The van der Waals surface area contributed by atoms with Gasteiger partial charge in [-0.25, -0.2) is 4.98 Å². The zero-order valence-electron chi connectivity index (χ0n) is 9.57. The average molecular weight is 310 g/mol. The van der Waals surface area contributed by atoms with Crippen molar-refractivity contribution in [3.05, 3.63) is 40.4 Å². The number of H-pyrrole nitrogens is 1. The molecule has 2 aromatic rings. The van der Waals surface area contributed by atoms with Gasteiger partial charge in [0.25, 0.3) is 0 Å². The van der Waals surface area contributed by atoms with E-state index in [0.29, 0.717) is 6.79 Å². The van der Waals surface area contributed by atoms with Gasteiger partial charge in [-0.3, -0.25) is 0 Å². The Morgan fingerprint density at radius 2 is 2.11 bits per heavy atom. The molecule has 1 aliphatic heterocycles. The van der Waals surface area contributed by atoms with Crippen LogP contribution in [0, 0.1) is 0 Å². The molecule has 0 unspecified atom stereocenters. The highest BCUT2D eigenvalue weighted by Gasteiger charge is 2.15. The van der Waals surface area contributed by atoms with Crippen molar-refractivity contribution < 1.29 is 9.47 Å². The zero-order chi connectivity index (χ0) is 12.4. The normalized spacial score (nSPS) is 12.9. The molecule has 1 aromatic carbocycles. The van der Waals surface area contributed by atoms with Crippen molar-refractivity contribution in [2.75, 3.05) is 6.79 Å². The molecule has 1 aromatic heterocycles. The minimum absolute atomic E-state index is 0.298. The Hall–Kier alpha value is -1.53. The van der Waals surface area contributed by atoms with Crippen LogP contribution in [-0.4, -0.2) is 16.8 Å². The number of aromatic nitrogens is 2. The lowest BCUT2D eigenvalue weighted by atomic mass is 10.2. The summed E-state index contributed by atoms with van der Waals surface area (Å²) in [5.41, 5.74) is 2.20. The molecule has 1 aliphatic rings. The fraction of sp³-hybridized carbons (Fsp3) is 0.250. The van der Waals surface area contributed by atoms with Crippen LogP contribution in [0.25, 0.3) is 0 Å². The summed E-state index contributed by atoms with van der Waals surface area (Å²) in [5, 5.41) is 3.34. The smallest absolute Gasteiger partial charge is 0.231 e. The molecule has 5 nitrogen and oxygen atoms in total. The summed E-state index contributed by atoms with van der Waals surface area (Å²) in [6, 6.07) is 3.93. The quantitative estimate of drug-likeness (QED) is 0.909. The lowest BCUT2D eigenvalue weighted by Crippen LogP contribution is -2.13. The number of fused-ring (bicyclic) bond motifs is 1. The maximum atomic E-state index is 5.36. The largest absolute Gasteiger partial charge is 0.454 e. The zero-order valence-corrected chi connectivity index (χ0v) is 11.2. The molecule has 6 heteroatoms. The van der Waals surface area contributed by atoms with Crippen LogP contribution < -0.4 is 14.8 Å². The second-order valence-electron chi connectivity index (χ2n) is 3.98. The van der Waals surface area contributed by atoms with Crippen LogP contribution in [0.15, 0.2) is 29.1 Å². The Bertz CT molecular complexity index is 543. The molecule has 0 fully saturated rings. The van der Waals surface area contributed by atoms with E-state index >= 15 is 0 Å². The number of imidazole rings is 1. The van der Waals surface area contributed by atoms with Gasteiger partial charge in [-0.15, -0.1) is 0 Å². The van der Waals surface area contributed by atoms with Crippen molar-refractivity contribution >= 4 is 15.9 Å². The van der Waals surface area contributed by atoms with E-state index in [1.165, 1.54) is 0 Å². The molecule has 0 saturated carbocycles. The van der Waals surface area contributed by atoms with Gasteiger partial charge in [0.05, 0.1) is 6.33 Å². The summed E-state index contributed by atoms with van der Waals surface area (Å²) < 4.78 is 11.7. The monoisotopic (exact) mass is 309 g/mol. The topological polar surface area (TPSA) is 59.2 Å². The van der Waals surface area contributed by atoms with E-state index < -0.39 is 0 Å². The number of hydrogen-bond donors (Lipinski definition) is 2. The molecule has 0 spiro atoms. The van der Waals surface area contributed by atoms with Crippen LogP contribution in [0.1, 0.15) is 11.3 Å². The molecule has 2 heterocycles. The van der Waals surface area contributed by atoms with Crippen LogP contribution in [-0.2, 0) is 13.1 Å². The molecule has 0 saturated heterocycles. The SMILES string of the molecule is Brc1cc2c(cc1CNCc1cnc[nH]1)OCO2. The third kappa shape index (κ3) is 2.34. The third-order valence-corrected chi connectivity index (χ3v) is 3.47. The number of aromatic amines is 1. The highest BCUT2D eigenvalue weighted by atomic mass is 79.9. The highest BCUT2D eigenvalue weighted by Crippen LogP contribution is 2.36. The molecule has 2 N–H and O–H groups in total. The highest BCUT2D eigenvalue weighted by molar-refractivity contribution is 9.10. The van der Waals surface area contributed by atoms with Crippen LogP contribution in [0.2, 0.25) is 0 Å². The number of benzene rings is 1. The lowest BCUT2D eigenvalue weighted by molar-refractivity contribution is 0.174. The summed E-state index contributed by atoms with van der Waals surface area (Å²) in [7, 11) is 0. The molecule has 3 rings (SSSR count). The van der Waals surface area contributed by atoms with Gasteiger partial charge in [0, 0.05) is 29.5 Å². The summed E-state index contributed by atoms with van der Waals surface area (Å²) >= 11 is 3.53. The van der Waals surface area contributed by atoms with Gasteiger partial charge in [-0.1, -0.05) is 15.9 Å². The number of rotatable bonds is 4. The van der Waals surface area contributed by atoms with Crippen LogP contribution >= 0.6 is 15.9 Å².